The molecule has 0 saturated heterocycles. The molecule has 0 aliphatic heterocycles. The van der Waals surface area contributed by atoms with Gasteiger partial charge in [-0.05, 0) is 47.6 Å². The molecular weight excluding hydrogens is 337 g/mol. The van der Waals surface area contributed by atoms with Gasteiger partial charge in [-0.3, -0.25) is 0 Å². The lowest BCUT2D eigenvalue weighted by atomic mass is 9.55. The van der Waals surface area contributed by atoms with Gasteiger partial charge in [0, 0.05) is 17.9 Å². The second-order valence-electron chi connectivity index (χ2n) is 5.67. The van der Waals surface area contributed by atoms with Crippen LogP contribution in [0.3, 0.4) is 0 Å². The molecule has 3 rings (SSSR count). The van der Waals surface area contributed by atoms with Crippen molar-refractivity contribution in [3.05, 3.63) is 27.8 Å². The number of ether oxygens (including phenoxy) is 1. The number of benzene rings is 1. The second kappa shape index (κ2) is 5.00. The molecule has 3 heteroatoms. The fraction of sp³-hybridized carbons (Fsp3) is 0.600. The molecule has 1 aromatic rings. The van der Waals surface area contributed by atoms with E-state index in [1.807, 2.05) is 6.07 Å². The smallest absolute Gasteiger partial charge is 0.133 e. The van der Waals surface area contributed by atoms with Gasteiger partial charge in [-0.2, -0.15) is 0 Å². The van der Waals surface area contributed by atoms with Crippen LogP contribution in [0.15, 0.2) is 24.3 Å². The SMILES string of the molecule is NC1CC(Oc2ccccc2I)C12CCCCC2. The van der Waals surface area contributed by atoms with E-state index in [0.29, 0.717) is 12.1 Å². The van der Waals surface area contributed by atoms with Gasteiger partial charge in [0.15, 0.2) is 0 Å². The topological polar surface area (TPSA) is 35.2 Å². The number of hydrogen-bond acceptors (Lipinski definition) is 2. The van der Waals surface area contributed by atoms with Crippen molar-refractivity contribution in [3.8, 4) is 5.75 Å². The molecule has 0 bridgehead atoms. The molecule has 0 heterocycles. The molecule has 2 atom stereocenters. The Morgan fingerprint density at radius 3 is 2.56 bits per heavy atom. The number of halogens is 1. The third-order valence-electron chi connectivity index (χ3n) is 4.74. The predicted octanol–water partition coefficient (Wildman–Crippen LogP) is 3.72. The average molecular weight is 357 g/mol. The Labute approximate surface area is 122 Å². The maximum absolute atomic E-state index is 6.29. The summed E-state index contributed by atoms with van der Waals surface area (Å²) in [6, 6.07) is 8.62. The van der Waals surface area contributed by atoms with Crippen LogP contribution in [-0.2, 0) is 0 Å². The normalized spacial score (nSPS) is 29.9. The van der Waals surface area contributed by atoms with E-state index < -0.39 is 0 Å². The summed E-state index contributed by atoms with van der Waals surface area (Å²) >= 11 is 2.34. The minimum absolute atomic E-state index is 0.275. The molecule has 0 aromatic heterocycles. The van der Waals surface area contributed by atoms with Crippen LogP contribution in [0.4, 0.5) is 0 Å². The maximum Gasteiger partial charge on any atom is 0.133 e. The molecule has 0 amide bonds. The first-order chi connectivity index (χ1) is 8.72. The minimum atomic E-state index is 0.275. The van der Waals surface area contributed by atoms with Crippen LogP contribution in [0.5, 0.6) is 5.75 Å². The summed E-state index contributed by atoms with van der Waals surface area (Å²) in [5.74, 6) is 1.03. The highest BCUT2D eigenvalue weighted by Crippen LogP contribution is 2.52. The van der Waals surface area contributed by atoms with Crippen molar-refractivity contribution in [3.63, 3.8) is 0 Å². The van der Waals surface area contributed by atoms with E-state index in [9.17, 15) is 0 Å². The lowest BCUT2D eigenvalue weighted by Gasteiger charge is -2.56. The molecule has 2 fully saturated rings. The van der Waals surface area contributed by atoms with Crippen LogP contribution in [0.1, 0.15) is 38.5 Å². The molecule has 1 aromatic carbocycles. The van der Waals surface area contributed by atoms with E-state index >= 15 is 0 Å². The zero-order valence-corrected chi connectivity index (χ0v) is 12.7. The fourth-order valence-corrected chi connectivity index (χ4v) is 4.05. The summed E-state index contributed by atoms with van der Waals surface area (Å²) in [4.78, 5) is 0. The van der Waals surface area contributed by atoms with Crippen molar-refractivity contribution in [2.24, 2.45) is 11.1 Å². The van der Waals surface area contributed by atoms with Crippen LogP contribution in [0.25, 0.3) is 0 Å². The summed E-state index contributed by atoms with van der Waals surface area (Å²) in [7, 11) is 0. The Hall–Kier alpha value is -0.290. The van der Waals surface area contributed by atoms with Gasteiger partial charge in [0.25, 0.3) is 0 Å². The molecular formula is C15H20INO. The number of hydrogen-bond donors (Lipinski definition) is 1. The number of para-hydroxylation sites is 1. The van der Waals surface area contributed by atoms with Crippen molar-refractivity contribution in [1.29, 1.82) is 0 Å². The van der Waals surface area contributed by atoms with Gasteiger partial charge < -0.3 is 10.5 Å². The maximum atomic E-state index is 6.29. The highest BCUT2D eigenvalue weighted by atomic mass is 127. The third-order valence-corrected chi connectivity index (χ3v) is 5.63. The van der Waals surface area contributed by atoms with Crippen molar-refractivity contribution in [2.45, 2.75) is 50.7 Å². The molecule has 2 saturated carbocycles. The first-order valence-electron chi connectivity index (χ1n) is 6.89. The van der Waals surface area contributed by atoms with E-state index in [1.165, 1.54) is 35.7 Å². The van der Waals surface area contributed by atoms with Gasteiger partial charge >= 0.3 is 0 Å². The van der Waals surface area contributed by atoms with Gasteiger partial charge in [-0.15, -0.1) is 0 Å². The highest BCUT2D eigenvalue weighted by molar-refractivity contribution is 14.1. The van der Waals surface area contributed by atoms with E-state index in [1.54, 1.807) is 0 Å². The second-order valence-corrected chi connectivity index (χ2v) is 6.84. The van der Waals surface area contributed by atoms with Gasteiger partial charge in [-0.25, -0.2) is 0 Å². The van der Waals surface area contributed by atoms with E-state index in [0.717, 1.165) is 12.2 Å². The Morgan fingerprint density at radius 1 is 1.17 bits per heavy atom. The van der Waals surface area contributed by atoms with Crippen molar-refractivity contribution in [2.75, 3.05) is 0 Å². The van der Waals surface area contributed by atoms with Crippen LogP contribution in [0.2, 0.25) is 0 Å². The van der Waals surface area contributed by atoms with Crippen LogP contribution in [0, 0.1) is 8.99 Å². The Morgan fingerprint density at radius 2 is 1.89 bits per heavy atom. The molecule has 2 nitrogen and oxygen atoms in total. The first kappa shape index (κ1) is 12.7. The number of nitrogens with two attached hydrogens (primary N) is 1. The van der Waals surface area contributed by atoms with Crippen molar-refractivity contribution in [1.82, 2.24) is 0 Å². The Kier molecular flexibility index (Phi) is 3.54. The van der Waals surface area contributed by atoms with Crippen LogP contribution in [-0.4, -0.2) is 12.1 Å². The van der Waals surface area contributed by atoms with Crippen LogP contribution < -0.4 is 10.5 Å². The molecule has 2 N–H and O–H groups in total. The Balaban J connectivity index is 1.75. The van der Waals surface area contributed by atoms with Crippen molar-refractivity contribution >= 4 is 22.6 Å². The molecule has 2 aliphatic carbocycles. The first-order valence-corrected chi connectivity index (χ1v) is 7.97. The molecule has 18 heavy (non-hydrogen) atoms. The summed E-state index contributed by atoms with van der Waals surface area (Å²) in [6.07, 6.45) is 7.86. The largest absolute Gasteiger partial charge is 0.489 e. The molecule has 2 aliphatic rings. The van der Waals surface area contributed by atoms with Crippen LogP contribution >= 0.6 is 22.6 Å². The molecule has 1 spiro atoms. The summed E-state index contributed by atoms with van der Waals surface area (Å²) in [5.41, 5.74) is 6.56. The Bertz CT molecular complexity index is 428. The van der Waals surface area contributed by atoms with Crippen molar-refractivity contribution < 1.29 is 4.74 Å². The van der Waals surface area contributed by atoms with E-state index in [-0.39, 0.29) is 5.41 Å². The zero-order valence-electron chi connectivity index (χ0n) is 10.6. The summed E-state index contributed by atoms with van der Waals surface area (Å²) < 4.78 is 7.45. The molecule has 2 unspecified atom stereocenters. The van der Waals surface area contributed by atoms with Gasteiger partial charge in [0.05, 0.1) is 3.57 Å². The molecule has 0 radical (unpaired) electrons. The van der Waals surface area contributed by atoms with Gasteiger partial charge in [0.2, 0.25) is 0 Å². The standard InChI is InChI=1S/C15H20INO/c16-11-6-2-3-7-12(11)18-14-10-13(17)15(14)8-4-1-5-9-15/h2-3,6-7,13-14H,1,4-5,8-10,17H2. The monoisotopic (exact) mass is 357 g/mol. The molecule has 98 valence electrons. The fourth-order valence-electron chi connectivity index (χ4n) is 3.54. The number of rotatable bonds is 2. The lowest BCUT2D eigenvalue weighted by molar-refractivity contribution is -0.0901. The predicted molar refractivity (Wildman–Crippen MR) is 81.7 cm³/mol. The zero-order chi connectivity index (χ0) is 12.6. The van der Waals surface area contributed by atoms with Gasteiger partial charge in [-0.1, -0.05) is 31.4 Å². The average Bonchev–Trinajstić information content (AvgIpc) is 2.41. The highest BCUT2D eigenvalue weighted by Gasteiger charge is 2.54. The van der Waals surface area contributed by atoms with Gasteiger partial charge in [0.1, 0.15) is 11.9 Å². The van der Waals surface area contributed by atoms with E-state index in [4.69, 9.17) is 10.5 Å². The minimum Gasteiger partial charge on any atom is -0.489 e. The third kappa shape index (κ3) is 2.05. The summed E-state index contributed by atoms with van der Waals surface area (Å²) in [5, 5.41) is 0. The summed E-state index contributed by atoms with van der Waals surface area (Å²) in [6.45, 7) is 0. The quantitative estimate of drug-likeness (QED) is 0.819. The van der Waals surface area contributed by atoms with E-state index in [2.05, 4.69) is 40.8 Å². The lowest BCUT2D eigenvalue weighted by Crippen LogP contribution is -2.64.